The van der Waals surface area contributed by atoms with Crippen LogP contribution in [0.4, 0.5) is 0 Å². The first kappa shape index (κ1) is 15.5. The van der Waals surface area contributed by atoms with Crippen molar-refractivity contribution in [3.8, 4) is 0 Å². The van der Waals surface area contributed by atoms with Crippen molar-refractivity contribution in [3.63, 3.8) is 0 Å². The molecule has 5 nitrogen and oxygen atoms in total. The molecule has 1 aromatic heterocycles. The van der Waals surface area contributed by atoms with Crippen LogP contribution in [0.3, 0.4) is 0 Å². The molecule has 2 heterocycles. The van der Waals surface area contributed by atoms with Crippen LogP contribution in [0.2, 0.25) is 0 Å². The molecule has 1 aromatic carbocycles. The Bertz CT molecular complexity index is 721. The number of fused-ring (bicyclic) bond motifs is 1. The Labute approximate surface area is 135 Å². The average molecular weight is 312 g/mol. The molecule has 0 bridgehead atoms. The van der Waals surface area contributed by atoms with E-state index in [-0.39, 0.29) is 17.8 Å². The maximum atomic E-state index is 12.6. The van der Waals surface area contributed by atoms with Crippen LogP contribution in [-0.2, 0) is 9.53 Å². The predicted molar refractivity (Wildman–Crippen MR) is 87.0 cm³/mol. The smallest absolute Gasteiger partial charge is 0.309 e. The number of aromatic nitrogens is 1. The number of piperidine rings is 1. The summed E-state index contributed by atoms with van der Waals surface area (Å²) in [4.78, 5) is 30.6. The van der Waals surface area contributed by atoms with Gasteiger partial charge in [-0.2, -0.15) is 0 Å². The van der Waals surface area contributed by atoms with Crippen molar-refractivity contribution in [2.45, 2.75) is 19.8 Å². The fraction of sp³-hybridized carbons (Fsp3) is 0.389. The third kappa shape index (κ3) is 3.33. The first-order valence-electron chi connectivity index (χ1n) is 8.00. The van der Waals surface area contributed by atoms with Gasteiger partial charge in [0.05, 0.1) is 18.0 Å². The number of benzene rings is 1. The zero-order valence-electron chi connectivity index (χ0n) is 13.2. The van der Waals surface area contributed by atoms with Crippen LogP contribution in [0.15, 0.2) is 36.4 Å². The molecular weight excluding hydrogens is 292 g/mol. The van der Waals surface area contributed by atoms with Gasteiger partial charge in [0.2, 0.25) is 0 Å². The number of amides is 1. The number of pyridine rings is 1. The molecule has 0 aliphatic carbocycles. The highest BCUT2D eigenvalue weighted by atomic mass is 16.5. The minimum Gasteiger partial charge on any atom is -0.466 e. The quantitative estimate of drug-likeness (QED) is 0.818. The largest absolute Gasteiger partial charge is 0.466 e. The number of esters is 1. The molecule has 2 aromatic rings. The number of ether oxygens (including phenoxy) is 1. The van der Waals surface area contributed by atoms with Gasteiger partial charge < -0.3 is 9.64 Å². The zero-order valence-corrected chi connectivity index (χ0v) is 13.2. The summed E-state index contributed by atoms with van der Waals surface area (Å²) < 4.78 is 5.06. The molecule has 0 saturated carbocycles. The molecule has 0 atom stereocenters. The lowest BCUT2D eigenvalue weighted by atomic mass is 9.97. The number of hydrogen-bond donors (Lipinski definition) is 0. The lowest BCUT2D eigenvalue weighted by molar-refractivity contribution is -0.149. The highest BCUT2D eigenvalue weighted by molar-refractivity contribution is 5.95. The van der Waals surface area contributed by atoms with E-state index in [9.17, 15) is 9.59 Å². The molecule has 0 unspecified atom stereocenters. The topological polar surface area (TPSA) is 59.5 Å². The van der Waals surface area contributed by atoms with E-state index >= 15 is 0 Å². The third-order valence-electron chi connectivity index (χ3n) is 4.22. The maximum Gasteiger partial charge on any atom is 0.309 e. The minimum absolute atomic E-state index is 0.0712. The Morgan fingerprint density at radius 2 is 1.91 bits per heavy atom. The minimum atomic E-state index is -0.150. The number of carbonyl (C=O) groups excluding carboxylic acids is 2. The fourth-order valence-electron chi connectivity index (χ4n) is 2.93. The van der Waals surface area contributed by atoms with E-state index in [1.807, 2.05) is 37.3 Å². The molecule has 1 aliphatic heterocycles. The third-order valence-corrected chi connectivity index (χ3v) is 4.22. The molecule has 3 rings (SSSR count). The second kappa shape index (κ2) is 6.77. The molecule has 120 valence electrons. The first-order valence-corrected chi connectivity index (χ1v) is 8.00. The summed E-state index contributed by atoms with van der Waals surface area (Å²) in [5.74, 6) is -0.315. The summed E-state index contributed by atoms with van der Waals surface area (Å²) in [5, 5.41) is 1.02. The van der Waals surface area contributed by atoms with E-state index < -0.39 is 0 Å². The van der Waals surface area contributed by atoms with Gasteiger partial charge in [0.15, 0.2) is 0 Å². The molecule has 1 amide bonds. The Hall–Kier alpha value is -2.43. The normalized spacial score (nSPS) is 15.6. The molecular formula is C18H20N2O3. The number of rotatable bonds is 3. The van der Waals surface area contributed by atoms with Crippen LogP contribution >= 0.6 is 0 Å². The summed E-state index contributed by atoms with van der Waals surface area (Å²) in [5.41, 5.74) is 1.28. The second-order valence-corrected chi connectivity index (χ2v) is 5.71. The second-order valence-electron chi connectivity index (χ2n) is 5.71. The van der Waals surface area contributed by atoms with E-state index in [1.165, 1.54) is 0 Å². The lowest BCUT2D eigenvalue weighted by Crippen LogP contribution is -2.41. The van der Waals surface area contributed by atoms with Gasteiger partial charge in [-0.15, -0.1) is 0 Å². The van der Waals surface area contributed by atoms with E-state index in [1.54, 1.807) is 11.0 Å². The van der Waals surface area contributed by atoms with Crippen molar-refractivity contribution < 1.29 is 14.3 Å². The van der Waals surface area contributed by atoms with E-state index in [0.29, 0.717) is 38.2 Å². The highest BCUT2D eigenvalue weighted by Crippen LogP contribution is 2.21. The molecule has 0 radical (unpaired) electrons. The SMILES string of the molecule is CCOC(=O)C1CCN(C(=O)c2ccc3ccccc3n2)CC1. The Balaban J connectivity index is 1.67. The fourth-order valence-corrected chi connectivity index (χ4v) is 2.93. The van der Waals surface area contributed by atoms with Crippen LogP contribution in [0, 0.1) is 5.92 Å². The van der Waals surface area contributed by atoms with Gasteiger partial charge >= 0.3 is 5.97 Å². The van der Waals surface area contributed by atoms with Crippen LogP contribution in [0.5, 0.6) is 0 Å². The summed E-state index contributed by atoms with van der Waals surface area (Å²) in [7, 11) is 0. The van der Waals surface area contributed by atoms with Crippen molar-refractivity contribution in [2.24, 2.45) is 5.92 Å². The van der Waals surface area contributed by atoms with Crippen molar-refractivity contribution in [1.82, 2.24) is 9.88 Å². The van der Waals surface area contributed by atoms with E-state index in [2.05, 4.69) is 4.98 Å². The van der Waals surface area contributed by atoms with Gasteiger partial charge in [0.1, 0.15) is 5.69 Å². The van der Waals surface area contributed by atoms with E-state index in [0.717, 1.165) is 10.9 Å². The number of para-hydroxylation sites is 1. The summed E-state index contributed by atoms with van der Waals surface area (Å²) in [6, 6.07) is 11.4. The lowest BCUT2D eigenvalue weighted by Gasteiger charge is -2.30. The average Bonchev–Trinajstić information content (AvgIpc) is 2.61. The molecule has 5 heteroatoms. The monoisotopic (exact) mass is 312 g/mol. The number of hydrogen-bond acceptors (Lipinski definition) is 4. The summed E-state index contributed by atoms with van der Waals surface area (Å²) >= 11 is 0. The van der Waals surface area contributed by atoms with Gasteiger partial charge in [0, 0.05) is 18.5 Å². The van der Waals surface area contributed by atoms with Crippen molar-refractivity contribution in [2.75, 3.05) is 19.7 Å². The molecule has 0 spiro atoms. The standard InChI is InChI=1S/C18H20N2O3/c1-2-23-18(22)14-9-11-20(12-10-14)17(21)16-8-7-13-5-3-4-6-15(13)19-16/h3-8,14H,2,9-12H2,1H3. The van der Waals surface area contributed by atoms with Crippen molar-refractivity contribution >= 4 is 22.8 Å². The Kier molecular flexibility index (Phi) is 4.55. The molecule has 1 aliphatic rings. The Morgan fingerprint density at radius 3 is 2.65 bits per heavy atom. The predicted octanol–water partition coefficient (Wildman–Crippen LogP) is 2.65. The molecule has 0 N–H and O–H groups in total. The van der Waals surface area contributed by atoms with Crippen molar-refractivity contribution in [1.29, 1.82) is 0 Å². The molecule has 1 saturated heterocycles. The van der Waals surface area contributed by atoms with Crippen LogP contribution in [-0.4, -0.2) is 41.5 Å². The van der Waals surface area contributed by atoms with Gasteiger partial charge in [0.25, 0.3) is 5.91 Å². The number of nitrogens with zero attached hydrogens (tertiary/aromatic N) is 2. The van der Waals surface area contributed by atoms with Gasteiger partial charge in [-0.05, 0) is 31.9 Å². The highest BCUT2D eigenvalue weighted by Gasteiger charge is 2.29. The molecule has 23 heavy (non-hydrogen) atoms. The summed E-state index contributed by atoms with van der Waals surface area (Å²) in [6.07, 6.45) is 1.30. The van der Waals surface area contributed by atoms with Crippen LogP contribution in [0.25, 0.3) is 10.9 Å². The number of likely N-dealkylation sites (tertiary alicyclic amines) is 1. The maximum absolute atomic E-state index is 12.6. The van der Waals surface area contributed by atoms with Gasteiger partial charge in [-0.3, -0.25) is 9.59 Å². The van der Waals surface area contributed by atoms with Gasteiger partial charge in [-0.1, -0.05) is 24.3 Å². The molecule has 1 fully saturated rings. The van der Waals surface area contributed by atoms with Crippen molar-refractivity contribution in [3.05, 3.63) is 42.1 Å². The Morgan fingerprint density at radius 1 is 1.17 bits per heavy atom. The summed E-state index contributed by atoms with van der Waals surface area (Å²) in [6.45, 7) is 3.34. The van der Waals surface area contributed by atoms with E-state index in [4.69, 9.17) is 4.74 Å². The number of carbonyl (C=O) groups is 2. The van der Waals surface area contributed by atoms with Crippen LogP contribution < -0.4 is 0 Å². The van der Waals surface area contributed by atoms with Crippen LogP contribution in [0.1, 0.15) is 30.3 Å². The zero-order chi connectivity index (χ0) is 16.2. The first-order chi connectivity index (χ1) is 11.2. The van der Waals surface area contributed by atoms with Gasteiger partial charge in [-0.25, -0.2) is 4.98 Å².